The third-order valence-corrected chi connectivity index (χ3v) is 4.89. The van der Waals surface area contributed by atoms with E-state index in [9.17, 15) is 14.4 Å². The third kappa shape index (κ3) is 7.67. The highest BCUT2D eigenvalue weighted by molar-refractivity contribution is 5.97. The maximum atomic E-state index is 13.2. The second-order valence-corrected chi connectivity index (χ2v) is 7.41. The molecule has 0 fully saturated rings. The molecule has 0 aromatic heterocycles. The minimum atomic E-state index is -1.28. The van der Waals surface area contributed by atoms with Crippen molar-refractivity contribution in [2.24, 2.45) is 0 Å². The molecule has 0 heterocycles. The molecule has 2 atom stereocenters. The quantitative estimate of drug-likeness (QED) is 0.470. The monoisotopic (exact) mass is 440 g/mol. The van der Waals surface area contributed by atoms with Gasteiger partial charge in [0, 0.05) is 24.3 Å². The Kier molecular flexibility index (Phi) is 8.38. The standard InChI is InChI=1S/C27H24N2O4/c30-25(31)17-16-23(18-20-10-4-1-5-11-20)28-27(33)24(19-21-12-6-2-7-13-21)29-26(32)22-14-8-3-9-15-22/h1-15,23-24H,18-19H2,(H,28,33)(H,29,32)(H,30,31)/t23-,24+/m1/s1. The molecule has 0 aliphatic carbocycles. The summed E-state index contributed by atoms with van der Waals surface area (Å²) in [4.78, 5) is 36.9. The first kappa shape index (κ1) is 23.3. The van der Waals surface area contributed by atoms with Crippen LogP contribution in [0.4, 0.5) is 0 Å². The Morgan fingerprint density at radius 2 is 1.24 bits per heavy atom. The van der Waals surface area contributed by atoms with Gasteiger partial charge in [0.15, 0.2) is 0 Å². The summed E-state index contributed by atoms with van der Waals surface area (Å²) in [7, 11) is 0. The van der Waals surface area contributed by atoms with E-state index in [1.807, 2.05) is 60.7 Å². The van der Waals surface area contributed by atoms with Gasteiger partial charge in [-0.15, -0.1) is 0 Å². The maximum absolute atomic E-state index is 13.2. The largest absolute Gasteiger partial charge is 0.472 e. The molecular formula is C27H24N2O4. The number of carbonyl (C=O) groups is 3. The Labute approximate surface area is 192 Å². The lowest BCUT2D eigenvalue weighted by molar-refractivity contribution is -0.130. The van der Waals surface area contributed by atoms with Crippen LogP contribution in [0.3, 0.4) is 0 Å². The van der Waals surface area contributed by atoms with Crippen LogP contribution in [-0.4, -0.2) is 35.0 Å². The van der Waals surface area contributed by atoms with Crippen molar-refractivity contribution in [1.82, 2.24) is 10.6 Å². The van der Waals surface area contributed by atoms with Gasteiger partial charge < -0.3 is 15.7 Å². The minimum Gasteiger partial charge on any atom is -0.472 e. The molecule has 166 valence electrons. The van der Waals surface area contributed by atoms with E-state index in [1.54, 1.807) is 30.3 Å². The lowest BCUT2D eigenvalue weighted by Crippen LogP contribution is -2.51. The van der Waals surface area contributed by atoms with Crippen molar-refractivity contribution >= 4 is 17.8 Å². The van der Waals surface area contributed by atoms with E-state index in [1.165, 1.54) is 0 Å². The van der Waals surface area contributed by atoms with Crippen molar-refractivity contribution in [2.45, 2.75) is 24.9 Å². The van der Waals surface area contributed by atoms with Gasteiger partial charge in [0.05, 0.1) is 6.04 Å². The fourth-order valence-corrected chi connectivity index (χ4v) is 3.30. The smallest absolute Gasteiger partial charge is 0.381 e. The highest BCUT2D eigenvalue weighted by atomic mass is 16.4. The van der Waals surface area contributed by atoms with Crippen LogP contribution in [0.2, 0.25) is 0 Å². The number of hydrogen-bond acceptors (Lipinski definition) is 3. The van der Waals surface area contributed by atoms with Crippen LogP contribution in [0.25, 0.3) is 0 Å². The number of carbonyl (C=O) groups excluding carboxylic acids is 2. The summed E-state index contributed by atoms with van der Waals surface area (Å²) >= 11 is 0. The second-order valence-electron chi connectivity index (χ2n) is 7.41. The summed E-state index contributed by atoms with van der Waals surface area (Å²) in [5, 5.41) is 14.6. The number of nitrogens with one attached hydrogen (secondary N) is 2. The van der Waals surface area contributed by atoms with Gasteiger partial charge in [0.1, 0.15) is 6.04 Å². The second kappa shape index (κ2) is 11.9. The van der Waals surface area contributed by atoms with Gasteiger partial charge in [-0.1, -0.05) is 84.8 Å². The Bertz CT molecular complexity index is 1140. The number of carboxylic acid groups (broad SMARTS) is 1. The van der Waals surface area contributed by atoms with Crippen molar-refractivity contribution in [3.8, 4) is 11.8 Å². The first-order chi connectivity index (χ1) is 16.0. The number of benzene rings is 3. The molecule has 2 amide bonds. The molecule has 3 N–H and O–H groups in total. The van der Waals surface area contributed by atoms with E-state index in [4.69, 9.17) is 5.11 Å². The molecule has 0 aliphatic heterocycles. The topological polar surface area (TPSA) is 95.5 Å². The SMILES string of the molecule is O=C(O)C#C[C@H](Cc1ccccc1)NC(=O)[C@H](Cc1ccccc1)NC(=O)c1ccccc1. The molecule has 3 aromatic carbocycles. The number of hydrogen-bond donors (Lipinski definition) is 3. The Balaban J connectivity index is 1.80. The van der Waals surface area contributed by atoms with Gasteiger partial charge in [-0.25, -0.2) is 4.79 Å². The van der Waals surface area contributed by atoms with E-state index >= 15 is 0 Å². The normalized spacial score (nSPS) is 11.9. The number of carboxylic acids is 1. The fourth-order valence-electron chi connectivity index (χ4n) is 3.30. The summed E-state index contributed by atoms with van der Waals surface area (Å²) in [6.07, 6.45) is 0.604. The summed E-state index contributed by atoms with van der Waals surface area (Å²) < 4.78 is 0. The summed E-state index contributed by atoms with van der Waals surface area (Å²) in [6.45, 7) is 0. The molecular weight excluding hydrogens is 416 g/mol. The van der Waals surface area contributed by atoms with Gasteiger partial charge in [0.2, 0.25) is 5.91 Å². The Morgan fingerprint density at radius 3 is 1.79 bits per heavy atom. The number of amides is 2. The first-order valence-electron chi connectivity index (χ1n) is 10.5. The summed E-state index contributed by atoms with van der Waals surface area (Å²) in [5.74, 6) is 2.61. The van der Waals surface area contributed by atoms with Gasteiger partial charge in [-0.3, -0.25) is 9.59 Å². The van der Waals surface area contributed by atoms with Crippen LogP contribution < -0.4 is 10.6 Å². The van der Waals surface area contributed by atoms with Crippen molar-refractivity contribution < 1.29 is 19.5 Å². The molecule has 0 saturated heterocycles. The van der Waals surface area contributed by atoms with Gasteiger partial charge in [-0.2, -0.15) is 0 Å². The zero-order valence-corrected chi connectivity index (χ0v) is 17.9. The highest BCUT2D eigenvalue weighted by Gasteiger charge is 2.24. The fraction of sp³-hybridized carbons (Fsp3) is 0.148. The predicted molar refractivity (Wildman–Crippen MR) is 125 cm³/mol. The van der Waals surface area contributed by atoms with Crippen molar-refractivity contribution in [3.05, 3.63) is 108 Å². The van der Waals surface area contributed by atoms with Crippen LogP contribution in [0.15, 0.2) is 91.0 Å². The van der Waals surface area contributed by atoms with Crippen molar-refractivity contribution in [3.63, 3.8) is 0 Å². The van der Waals surface area contributed by atoms with Crippen LogP contribution in [0, 0.1) is 11.8 Å². The molecule has 6 heteroatoms. The predicted octanol–water partition coefficient (Wildman–Crippen LogP) is 2.84. The van der Waals surface area contributed by atoms with Crippen LogP contribution in [0.5, 0.6) is 0 Å². The Morgan fingerprint density at radius 1 is 0.727 bits per heavy atom. The molecule has 0 unspecified atom stereocenters. The average molecular weight is 440 g/mol. The van der Waals surface area contributed by atoms with Gasteiger partial charge in [0.25, 0.3) is 5.91 Å². The lowest BCUT2D eigenvalue weighted by atomic mass is 10.0. The number of aliphatic carboxylic acids is 1. The van der Waals surface area contributed by atoms with Gasteiger partial charge in [-0.05, 0) is 23.3 Å². The molecule has 3 aromatic rings. The zero-order valence-electron chi connectivity index (χ0n) is 17.9. The number of rotatable bonds is 8. The van der Waals surface area contributed by atoms with Crippen molar-refractivity contribution in [2.75, 3.05) is 0 Å². The van der Waals surface area contributed by atoms with E-state index in [2.05, 4.69) is 22.5 Å². The van der Waals surface area contributed by atoms with E-state index in [0.717, 1.165) is 11.1 Å². The highest BCUT2D eigenvalue weighted by Crippen LogP contribution is 2.08. The van der Waals surface area contributed by atoms with Crippen LogP contribution in [-0.2, 0) is 22.4 Å². The maximum Gasteiger partial charge on any atom is 0.381 e. The molecule has 0 radical (unpaired) electrons. The summed E-state index contributed by atoms with van der Waals surface area (Å²) in [5.41, 5.74) is 2.22. The third-order valence-electron chi connectivity index (χ3n) is 4.89. The Hall–Kier alpha value is -4.37. The molecule has 0 bridgehead atoms. The molecule has 3 rings (SSSR count). The minimum absolute atomic E-state index is 0.273. The molecule has 0 spiro atoms. The molecule has 33 heavy (non-hydrogen) atoms. The first-order valence-corrected chi connectivity index (χ1v) is 10.5. The van der Waals surface area contributed by atoms with Crippen molar-refractivity contribution in [1.29, 1.82) is 0 Å². The molecule has 0 aliphatic rings. The summed E-state index contributed by atoms with van der Waals surface area (Å²) in [6, 6.07) is 25.7. The lowest BCUT2D eigenvalue weighted by Gasteiger charge is -2.21. The van der Waals surface area contributed by atoms with Crippen LogP contribution >= 0.6 is 0 Å². The average Bonchev–Trinajstić information content (AvgIpc) is 2.84. The zero-order chi connectivity index (χ0) is 23.5. The molecule has 6 nitrogen and oxygen atoms in total. The van der Waals surface area contributed by atoms with E-state index < -0.39 is 24.0 Å². The molecule has 0 saturated carbocycles. The van der Waals surface area contributed by atoms with E-state index in [-0.39, 0.29) is 12.3 Å². The van der Waals surface area contributed by atoms with E-state index in [0.29, 0.717) is 12.0 Å². The van der Waals surface area contributed by atoms with Gasteiger partial charge >= 0.3 is 5.97 Å². The van der Waals surface area contributed by atoms with Crippen LogP contribution in [0.1, 0.15) is 21.5 Å².